The van der Waals surface area contributed by atoms with Gasteiger partial charge in [-0.3, -0.25) is 19.4 Å². The Bertz CT molecular complexity index is 968. The Balaban J connectivity index is 1.71. The number of carbonyl (C=O) groups excluding carboxylic acids is 3. The maximum atomic E-state index is 13.1. The molecule has 2 amide bonds. The summed E-state index contributed by atoms with van der Waals surface area (Å²) in [4.78, 5) is 53.6. The third-order valence-electron chi connectivity index (χ3n) is 5.31. The smallest absolute Gasteiger partial charge is 0.384 e. The van der Waals surface area contributed by atoms with Gasteiger partial charge in [0, 0.05) is 12.2 Å². The van der Waals surface area contributed by atoms with E-state index in [1.165, 1.54) is 6.20 Å². The number of H-pyrrole nitrogens is 1. The van der Waals surface area contributed by atoms with E-state index in [-0.39, 0.29) is 35.4 Å². The number of hydrogen-bond acceptors (Lipinski definition) is 7. The minimum atomic E-state index is -0.881. The molecular weight excluding hydrogens is 402 g/mol. The fraction of sp³-hybridized carbons (Fsp3) is 0.524. The van der Waals surface area contributed by atoms with E-state index in [0.29, 0.717) is 19.3 Å². The minimum Gasteiger partial charge on any atom is -0.384 e. The summed E-state index contributed by atoms with van der Waals surface area (Å²) >= 11 is 0. The van der Waals surface area contributed by atoms with Crippen LogP contribution in [0.2, 0.25) is 0 Å². The number of nitrogens with zero attached hydrogens (tertiary/aromatic N) is 2. The molecule has 0 saturated heterocycles. The molecular formula is C21H27N5O5. The molecule has 166 valence electrons. The first-order chi connectivity index (χ1) is 14.8. The van der Waals surface area contributed by atoms with Gasteiger partial charge in [-0.25, -0.2) is 9.89 Å². The van der Waals surface area contributed by atoms with E-state index < -0.39 is 23.5 Å². The second-order valence-electron chi connectivity index (χ2n) is 8.16. The lowest BCUT2D eigenvalue weighted by molar-refractivity contribution is -0.127. The number of aromatic amines is 1. The molecule has 1 unspecified atom stereocenters. The molecule has 2 aromatic heterocycles. The first kappa shape index (κ1) is 22.4. The molecule has 3 rings (SSSR count). The van der Waals surface area contributed by atoms with Crippen molar-refractivity contribution in [1.29, 1.82) is 0 Å². The lowest BCUT2D eigenvalue weighted by Gasteiger charge is -2.32. The summed E-state index contributed by atoms with van der Waals surface area (Å²) in [6.07, 6.45) is 4.90. The molecule has 1 saturated carbocycles. The second-order valence-corrected chi connectivity index (χ2v) is 8.16. The van der Waals surface area contributed by atoms with Gasteiger partial charge in [-0.05, 0) is 37.3 Å². The summed E-state index contributed by atoms with van der Waals surface area (Å²) in [6, 6.07) is 3.82. The molecule has 0 bridgehead atoms. The first-order valence-electron chi connectivity index (χ1n) is 10.5. The Morgan fingerprint density at radius 1 is 1.23 bits per heavy atom. The third-order valence-corrected chi connectivity index (χ3v) is 5.31. The molecule has 10 heteroatoms. The van der Waals surface area contributed by atoms with Gasteiger partial charge in [0.25, 0.3) is 11.8 Å². The standard InChI is InChI=1S/C21H27N5O5/c1-12(2)11-16(17(27)20-25-26-21(30)31-20)24-18(28)13-7-3-4-8-14(13)23-19(29)15-9-5-6-10-22-15/h5-6,9-10,12-14,16H,3-4,7-8,11H2,1-2H3,(H,23,29)(H,24,28)(H,26,30)/t13-,14+,16?/m1/s1. The van der Waals surface area contributed by atoms with Crippen molar-refractivity contribution in [2.24, 2.45) is 11.8 Å². The van der Waals surface area contributed by atoms with Crippen LogP contribution in [0.25, 0.3) is 0 Å². The maximum Gasteiger partial charge on any atom is 0.434 e. The molecule has 1 aliphatic rings. The van der Waals surface area contributed by atoms with Crippen molar-refractivity contribution in [2.75, 3.05) is 0 Å². The highest BCUT2D eigenvalue weighted by Crippen LogP contribution is 2.25. The Kier molecular flexibility index (Phi) is 7.32. The van der Waals surface area contributed by atoms with Crippen molar-refractivity contribution < 1.29 is 18.8 Å². The maximum absolute atomic E-state index is 13.1. The van der Waals surface area contributed by atoms with Crippen molar-refractivity contribution in [2.45, 2.75) is 58.0 Å². The van der Waals surface area contributed by atoms with Crippen molar-refractivity contribution >= 4 is 17.6 Å². The second kappa shape index (κ2) is 10.1. The van der Waals surface area contributed by atoms with Gasteiger partial charge in [0.05, 0.1) is 12.0 Å². The van der Waals surface area contributed by atoms with Crippen LogP contribution in [0.1, 0.15) is 67.1 Å². The molecule has 0 aliphatic heterocycles. The SMILES string of the molecule is CC(C)CC(NC(=O)[C@@H]1CCCC[C@@H]1NC(=O)c1ccccn1)C(=O)c1n[nH]c(=O)o1. The number of carbonyl (C=O) groups is 3. The molecule has 2 aromatic rings. The molecule has 0 radical (unpaired) electrons. The van der Waals surface area contributed by atoms with E-state index in [4.69, 9.17) is 4.42 Å². The van der Waals surface area contributed by atoms with Crippen LogP contribution in [0, 0.1) is 11.8 Å². The molecule has 3 atom stereocenters. The van der Waals surface area contributed by atoms with Crippen LogP contribution in [0.5, 0.6) is 0 Å². The van der Waals surface area contributed by atoms with Crippen molar-refractivity contribution in [1.82, 2.24) is 25.8 Å². The van der Waals surface area contributed by atoms with Crippen LogP contribution in [-0.4, -0.2) is 44.9 Å². The summed E-state index contributed by atoms with van der Waals surface area (Å²) in [5.41, 5.74) is 0.286. The van der Waals surface area contributed by atoms with E-state index in [2.05, 4.69) is 25.8 Å². The van der Waals surface area contributed by atoms with Crippen LogP contribution in [-0.2, 0) is 4.79 Å². The Hall–Kier alpha value is -3.30. The fourth-order valence-corrected chi connectivity index (χ4v) is 3.82. The van der Waals surface area contributed by atoms with E-state index in [0.717, 1.165) is 12.8 Å². The lowest BCUT2D eigenvalue weighted by atomic mass is 9.83. The molecule has 31 heavy (non-hydrogen) atoms. The molecule has 1 fully saturated rings. The van der Waals surface area contributed by atoms with Crippen molar-refractivity contribution in [3.8, 4) is 0 Å². The Morgan fingerprint density at radius 2 is 2.00 bits per heavy atom. The molecule has 0 spiro atoms. The molecule has 2 heterocycles. The number of amides is 2. The molecule has 10 nitrogen and oxygen atoms in total. The van der Waals surface area contributed by atoms with Gasteiger partial charge in [-0.1, -0.05) is 32.8 Å². The summed E-state index contributed by atoms with van der Waals surface area (Å²) in [5, 5.41) is 11.4. The van der Waals surface area contributed by atoms with E-state index in [9.17, 15) is 19.2 Å². The zero-order valence-electron chi connectivity index (χ0n) is 17.6. The summed E-state index contributed by atoms with van der Waals surface area (Å²) in [7, 11) is 0. The predicted molar refractivity (Wildman–Crippen MR) is 110 cm³/mol. The number of hydrogen-bond donors (Lipinski definition) is 3. The van der Waals surface area contributed by atoms with E-state index in [1.54, 1.807) is 18.2 Å². The zero-order valence-corrected chi connectivity index (χ0v) is 17.6. The van der Waals surface area contributed by atoms with Gasteiger partial charge in [0.2, 0.25) is 11.7 Å². The van der Waals surface area contributed by atoms with Gasteiger partial charge in [-0.2, -0.15) is 0 Å². The van der Waals surface area contributed by atoms with Crippen molar-refractivity contribution in [3.05, 3.63) is 46.5 Å². The fourth-order valence-electron chi connectivity index (χ4n) is 3.82. The zero-order chi connectivity index (χ0) is 22.4. The Labute approximate surface area is 179 Å². The third kappa shape index (κ3) is 5.87. The van der Waals surface area contributed by atoms with Gasteiger partial charge in [0.15, 0.2) is 0 Å². The van der Waals surface area contributed by atoms with Crippen molar-refractivity contribution in [3.63, 3.8) is 0 Å². The quantitative estimate of drug-likeness (QED) is 0.538. The number of nitrogens with one attached hydrogen (secondary N) is 3. The highest BCUT2D eigenvalue weighted by Gasteiger charge is 2.35. The molecule has 0 aromatic carbocycles. The topological polar surface area (TPSA) is 147 Å². The average molecular weight is 429 g/mol. The minimum absolute atomic E-state index is 0.103. The largest absolute Gasteiger partial charge is 0.434 e. The number of pyridine rings is 1. The Morgan fingerprint density at radius 3 is 2.65 bits per heavy atom. The summed E-state index contributed by atoms with van der Waals surface area (Å²) in [5.74, 6) is -2.78. The highest BCUT2D eigenvalue weighted by molar-refractivity contribution is 5.99. The van der Waals surface area contributed by atoms with Gasteiger partial charge >= 0.3 is 5.76 Å². The lowest BCUT2D eigenvalue weighted by Crippen LogP contribution is -2.52. The number of aromatic nitrogens is 3. The number of rotatable bonds is 8. The summed E-state index contributed by atoms with van der Waals surface area (Å²) in [6.45, 7) is 3.84. The van der Waals surface area contributed by atoms with E-state index in [1.807, 2.05) is 13.8 Å². The van der Waals surface area contributed by atoms with Crippen LogP contribution in [0.15, 0.2) is 33.6 Å². The van der Waals surface area contributed by atoms with E-state index >= 15 is 0 Å². The monoisotopic (exact) mass is 429 g/mol. The number of Topliss-reactive ketones (excluding diaryl/α,β-unsaturated/α-hetero) is 1. The predicted octanol–water partition coefficient (Wildman–Crippen LogP) is 1.46. The van der Waals surface area contributed by atoms with Gasteiger partial charge in [-0.15, -0.1) is 5.10 Å². The van der Waals surface area contributed by atoms with Crippen LogP contribution in [0.3, 0.4) is 0 Å². The average Bonchev–Trinajstić information content (AvgIpc) is 3.19. The van der Waals surface area contributed by atoms with Gasteiger partial charge < -0.3 is 15.1 Å². The van der Waals surface area contributed by atoms with Gasteiger partial charge in [0.1, 0.15) is 5.69 Å². The normalized spacial score (nSPS) is 19.6. The molecule has 1 aliphatic carbocycles. The van der Waals surface area contributed by atoms with Crippen LogP contribution >= 0.6 is 0 Å². The van der Waals surface area contributed by atoms with Crippen LogP contribution in [0.4, 0.5) is 0 Å². The van der Waals surface area contributed by atoms with Crippen LogP contribution < -0.4 is 16.4 Å². The first-order valence-corrected chi connectivity index (χ1v) is 10.5. The number of ketones is 1. The molecule has 3 N–H and O–H groups in total. The highest BCUT2D eigenvalue weighted by atomic mass is 16.4. The summed E-state index contributed by atoms with van der Waals surface area (Å²) < 4.78 is 4.77.